The molecule has 0 aromatic heterocycles. The Bertz CT molecular complexity index is 537. The zero-order valence-corrected chi connectivity index (χ0v) is 12.6. The third-order valence-electron chi connectivity index (χ3n) is 4.18. The highest BCUT2D eigenvalue weighted by Crippen LogP contribution is 2.38. The van der Waals surface area contributed by atoms with E-state index in [-0.39, 0.29) is 17.9 Å². The van der Waals surface area contributed by atoms with E-state index < -0.39 is 6.04 Å². The number of hydrogen-bond donors (Lipinski definition) is 1. The summed E-state index contributed by atoms with van der Waals surface area (Å²) in [6.07, 6.45) is 2.10. The van der Waals surface area contributed by atoms with E-state index in [1.54, 1.807) is 0 Å². The quantitative estimate of drug-likeness (QED) is 0.921. The smallest absolute Gasteiger partial charge is 0.250 e. The van der Waals surface area contributed by atoms with Gasteiger partial charge in [0, 0.05) is 6.54 Å². The van der Waals surface area contributed by atoms with Crippen molar-refractivity contribution in [2.75, 3.05) is 6.54 Å². The number of hydrogen-bond acceptors (Lipinski definition) is 2. The highest BCUT2D eigenvalue weighted by Gasteiger charge is 2.48. The highest BCUT2D eigenvalue weighted by molar-refractivity contribution is 5.98. The Morgan fingerprint density at radius 3 is 2.43 bits per heavy atom. The van der Waals surface area contributed by atoms with Crippen LogP contribution in [0.2, 0.25) is 0 Å². The Labute approximate surface area is 125 Å². The first-order valence-corrected chi connectivity index (χ1v) is 7.73. The van der Waals surface area contributed by atoms with Crippen LogP contribution in [-0.2, 0) is 9.59 Å². The maximum absolute atomic E-state index is 12.9. The van der Waals surface area contributed by atoms with Crippen LogP contribution in [0.1, 0.15) is 38.3 Å². The van der Waals surface area contributed by atoms with Crippen LogP contribution in [0.5, 0.6) is 0 Å². The molecule has 2 amide bonds. The number of piperazine rings is 1. The average molecular weight is 286 g/mol. The molecule has 1 aliphatic heterocycles. The molecule has 1 saturated heterocycles. The zero-order chi connectivity index (χ0) is 15.0. The summed E-state index contributed by atoms with van der Waals surface area (Å²) in [6.45, 7) is 4.82. The highest BCUT2D eigenvalue weighted by atomic mass is 16.2. The van der Waals surface area contributed by atoms with Gasteiger partial charge in [-0.15, -0.1) is 0 Å². The molecule has 21 heavy (non-hydrogen) atoms. The van der Waals surface area contributed by atoms with Crippen LogP contribution in [0.4, 0.5) is 0 Å². The van der Waals surface area contributed by atoms with Crippen molar-refractivity contribution < 1.29 is 9.59 Å². The first-order chi connectivity index (χ1) is 10.1. The molecule has 2 atom stereocenters. The predicted molar refractivity (Wildman–Crippen MR) is 80.4 cm³/mol. The lowest BCUT2D eigenvalue weighted by atomic mass is 9.97. The molecule has 3 rings (SSSR count). The molecule has 1 aromatic carbocycles. The van der Waals surface area contributed by atoms with Gasteiger partial charge in [0.05, 0.1) is 0 Å². The lowest BCUT2D eigenvalue weighted by molar-refractivity contribution is -0.151. The van der Waals surface area contributed by atoms with Crippen molar-refractivity contribution in [1.29, 1.82) is 0 Å². The molecule has 1 heterocycles. The van der Waals surface area contributed by atoms with Crippen LogP contribution >= 0.6 is 0 Å². The minimum atomic E-state index is -0.535. The molecular formula is C17H22N2O2. The topological polar surface area (TPSA) is 49.4 Å². The van der Waals surface area contributed by atoms with E-state index >= 15 is 0 Å². The third-order valence-corrected chi connectivity index (χ3v) is 4.18. The van der Waals surface area contributed by atoms with Crippen LogP contribution < -0.4 is 5.32 Å². The molecule has 1 N–H and O–H groups in total. The number of benzene rings is 1. The molecule has 0 bridgehead atoms. The number of carbonyl (C=O) groups is 2. The Kier molecular flexibility index (Phi) is 3.70. The van der Waals surface area contributed by atoms with Crippen molar-refractivity contribution in [1.82, 2.24) is 10.2 Å². The summed E-state index contributed by atoms with van der Waals surface area (Å²) in [4.78, 5) is 27.2. The van der Waals surface area contributed by atoms with Gasteiger partial charge in [-0.05, 0) is 30.2 Å². The second-order valence-corrected chi connectivity index (χ2v) is 6.52. The Morgan fingerprint density at radius 2 is 1.86 bits per heavy atom. The summed E-state index contributed by atoms with van der Waals surface area (Å²) in [5, 5.41) is 2.93. The SMILES string of the molecule is CC(C)CN1C(=O)C(c2ccccc2)NC(=O)C1C1CC1. The van der Waals surface area contributed by atoms with Gasteiger partial charge in [0.25, 0.3) is 5.91 Å². The summed E-state index contributed by atoms with van der Waals surface area (Å²) in [5.41, 5.74) is 0.860. The van der Waals surface area contributed by atoms with Crippen molar-refractivity contribution in [2.24, 2.45) is 11.8 Å². The summed E-state index contributed by atoms with van der Waals surface area (Å²) < 4.78 is 0. The standard InChI is InChI=1S/C17H22N2O2/c1-11(2)10-19-15(13-8-9-13)16(20)18-14(17(19)21)12-6-4-3-5-7-12/h3-7,11,13-15H,8-10H2,1-2H3,(H,18,20). The van der Waals surface area contributed by atoms with Crippen LogP contribution in [0.3, 0.4) is 0 Å². The van der Waals surface area contributed by atoms with E-state index in [1.165, 1.54) is 0 Å². The maximum Gasteiger partial charge on any atom is 0.250 e. The molecule has 112 valence electrons. The molecule has 1 saturated carbocycles. The van der Waals surface area contributed by atoms with Gasteiger partial charge in [-0.3, -0.25) is 9.59 Å². The summed E-state index contributed by atoms with van der Waals surface area (Å²) in [5.74, 6) is 0.750. The summed E-state index contributed by atoms with van der Waals surface area (Å²) in [7, 11) is 0. The lowest BCUT2D eigenvalue weighted by Crippen LogP contribution is -2.61. The monoisotopic (exact) mass is 286 g/mol. The molecule has 2 aliphatic rings. The van der Waals surface area contributed by atoms with E-state index in [1.807, 2.05) is 35.2 Å². The van der Waals surface area contributed by atoms with E-state index in [0.29, 0.717) is 18.4 Å². The van der Waals surface area contributed by atoms with Gasteiger partial charge in [0.15, 0.2) is 0 Å². The number of nitrogens with one attached hydrogen (secondary N) is 1. The van der Waals surface area contributed by atoms with E-state index in [2.05, 4.69) is 19.2 Å². The fourth-order valence-corrected chi connectivity index (χ4v) is 3.08. The Morgan fingerprint density at radius 1 is 1.19 bits per heavy atom. The zero-order valence-electron chi connectivity index (χ0n) is 12.6. The number of nitrogens with zero attached hydrogens (tertiary/aromatic N) is 1. The Balaban J connectivity index is 1.89. The molecule has 0 radical (unpaired) electrons. The van der Waals surface area contributed by atoms with E-state index in [0.717, 1.165) is 18.4 Å². The third kappa shape index (κ3) is 2.80. The van der Waals surface area contributed by atoms with Gasteiger partial charge in [0.1, 0.15) is 12.1 Å². The molecule has 2 fully saturated rings. The number of amides is 2. The van der Waals surface area contributed by atoms with Crippen molar-refractivity contribution in [3.05, 3.63) is 35.9 Å². The molecular weight excluding hydrogens is 264 g/mol. The van der Waals surface area contributed by atoms with Crippen molar-refractivity contribution in [3.63, 3.8) is 0 Å². The minimum Gasteiger partial charge on any atom is -0.339 e. The number of rotatable bonds is 4. The normalized spacial score (nSPS) is 26.1. The summed E-state index contributed by atoms with van der Waals surface area (Å²) >= 11 is 0. The molecule has 4 heteroatoms. The largest absolute Gasteiger partial charge is 0.339 e. The van der Waals surface area contributed by atoms with Crippen LogP contribution in [0.25, 0.3) is 0 Å². The van der Waals surface area contributed by atoms with Crippen molar-refractivity contribution in [2.45, 2.75) is 38.8 Å². The maximum atomic E-state index is 12.9. The van der Waals surface area contributed by atoms with Gasteiger partial charge in [0.2, 0.25) is 5.91 Å². The lowest BCUT2D eigenvalue weighted by Gasteiger charge is -2.40. The average Bonchev–Trinajstić information content (AvgIpc) is 3.27. The first-order valence-electron chi connectivity index (χ1n) is 7.73. The van der Waals surface area contributed by atoms with Gasteiger partial charge in [-0.1, -0.05) is 44.2 Å². The second kappa shape index (κ2) is 5.51. The second-order valence-electron chi connectivity index (χ2n) is 6.52. The molecule has 1 aliphatic carbocycles. The fourth-order valence-electron chi connectivity index (χ4n) is 3.08. The summed E-state index contributed by atoms with van der Waals surface area (Å²) in [6, 6.07) is 8.70. The van der Waals surface area contributed by atoms with Gasteiger partial charge in [-0.25, -0.2) is 0 Å². The molecule has 1 aromatic rings. The minimum absolute atomic E-state index is 0.00611. The van der Waals surface area contributed by atoms with Gasteiger partial charge in [-0.2, -0.15) is 0 Å². The van der Waals surface area contributed by atoms with Crippen LogP contribution in [0, 0.1) is 11.8 Å². The van der Waals surface area contributed by atoms with E-state index in [9.17, 15) is 9.59 Å². The number of carbonyl (C=O) groups excluding carboxylic acids is 2. The molecule has 2 unspecified atom stereocenters. The molecule has 0 spiro atoms. The fraction of sp³-hybridized carbons (Fsp3) is 0.529. The van der Waals surface area contributed by atoms with Crippen molar-refractivity contribution in [3.8, 4) is 0 Å². The van der Waals surface area contributed by atoms with Crippen LogP contribution in [-0.4, -0.2) is 29.3 Å². The first kappa shape index (κ1) is 14.1. The molecule has 4 nitrogen and oxygen atoms in total. The van der Waals surface area contributed by atoms with Gasteiger partial charge < -0.3 is 10.2 Å². The van der Waals surface area contributed by atoms with E-state index in [4.69, 9.17) is 0 Å². The predicted octanol–water partition coefficient (Wildman–Crippen LogP) is 2.12. The van der Waals surface area contributed by atoms with Crippen molar-refractivity contribution >= 4 is 11.8 Å². The van der Waals surface area contributed by atoms with Gasteiger partial charge >= 0.3 is 0 Å². The van der Waals surface area contributed by atoms with Crippen LogP contribution in [0.15, 0.2) is 30.3 Å². The Hall–Kier alpha value is -1.84.